The minimum atomic E-state index is -0.660. The lowest BCUT2D eigenvalue weighted by Crippen LogP contribution is -2.35. The van der Waals surface area contributed by atoms with Gasteiger partial charge in [-0.05, 0) is 37.3 Å². The predicted molar refractivity (Wildman–Crippen MR) is 144 cm³/mol. The molecule has 0 bridgehead atoms. The molecule has 0 amide bonds. The second kappa shape index (κ2) is 10.0. The third kappa shape index (κ3) is 4.51. The molecular formula is C31H31FN2O5. The van der Waals surface area contributed by atoms with E-state index in [0.717, 1.165) is 30.4 Å². The predicted octanol–water partition coefficient (Wildman–Crippen LogP) is 5.42. The normalized spacial score (nSPS) is 26.7. The van der Waals surface area contributed by atoms with Crippen molar-refractivity contribution in [3.63, 3.8) is 0 Å². The Bertz CT molecular complexity index is 1480. The second-order valence-electron chi connectivity index (χ2n) is 10.7. The Balaban J connectivity index is 1.24. The van der Waals surface area contributed by atoms with E-state index in [1.807, 2.05) is 34.9 Å². The van der Waals surface area contributed by atoms with Crippen molar-refractivity contribution in [1.29, 1.82) is 0 Å². The summed E-state index contributed by atoms with van der Waals surface area (Å²) in [7, 11) is 0. The van der Waals surface area contributed by atoms with Crippen LogP contribution < -0.4 is 4.74 Å². The quantitative estimate of drug-likeness (QED) is 0.371. The van der Waals surface area contributed by atoms with Gasteiger partial charge in [-0.2, -0.15) is 0 Å². The van der Waals surface area contributed by atoms with Gasteiger partial charge >= 0.3 is 0 Å². The first-order valence-corrected chi connectivity index (χ1v) is 13.6. The zero-order valence-electron chi connectivity index (χ0n) is 21.8. The molecule has 0 aliphatic carbocycles. The largest absolute Gasteiger partial charge is 0.470 e. The Morgan fingerprint density at radius 3 is 2.36 bits per heavy atom. The molecule has 3 fully saturated rings. The van der Waals surface area contributed by atoms with Gasteiger partial charge in [0.2, 0.25) is 0 Å². The van der Waals surface area contributed by atoms with Crippen LogP contribution in [0.5, 0.6) is 5.88 Å². The highest BCUT2D eigenvalue weighted by Gasteiger charge is 2.48. The van der Waals surface area contributed by atoms with Crippen LogP contribution in [0.25, 0.3) is 33.4 Å². The number of pyridine rings is 1. The van der Waals surface area contributed by atoms with Gasteiger partial charge in [-0.25, -0.2) is 9.37 Å². The van der Waals surface area contributed by atoms with Gasteiger partial charge in [0.05, 0.1) is 24.2 Å². The number of aliphatic hydroxyl groups excluding tert-OH is 1. The van der Waals surface area contributed by atoms with Crippen LogP contribution in [0.3, 0.4) is 0 Å². The Hall–Kier alpha value is -3.30. The molecule has 0 saturated carbocycles. The SMILES string of the molecule is Cc1ccc(-c2ccc(-c3nc4cc(O[C@@H]5CO[C@H]6[C@@H]5OC[C@H]6O)n(C5CCCCO5)c4cc3F)cc2)cc1. The summed E-state index contributed by atoms with van der Waals surface area (Å²) >= 11 is 0. The fourth-order valence-electron chi connectivity index (χ4n) is 5.88. The molecule has 5 heterocycles. The maximum absolute atomic E-state index is 15.6. The first kappa shape index (κ1) is 24.7. The van der Waals surface area contributed by atoms with Crippen molar-refractivity contribution in [1.82, 2.24) is 9.55 Å². The summed E-state index contributed by atoms with van der Waals surface area (Å²) in [6.45, 7) is 3.23. The van der Waals surface area contributed by atoms with Gasteiger partial charge in [-0.3, -0.25) is 4.57 Å². The lowest BCUT2D eigenvalue weighted by Gasteiger charge is -2.27. The maximum atomic E-state index is 15.6. The molecule has 2 aromatic heterocycles. The number of halogens is 1. The molecule has 4 aromatic rings. The molecule has 3 aliphatic heterocycles. The van der Waals surface area contributed by atoms with Crippen molar-refractivity contribution in [3.8, 4) is 28.3 Å². The fourth-order valence-corrected chi connectivity index (χ4v) is 5.88. The number of rotatable bonds is 5. The van der Waals surface area contributed by atoms with Gasteiger partial charge in [0, 0.05) is 24.3 Å². The summed E-state index contributed by atoms with van der Waals surface area (Å²) in [5.74, 6) is 0.133. The number of hydrogen-bond donors (Lipinski definition) is 1. The van der Waals surface area contributed by atoms with Gasteiger partial charge in [0.25, 0.3) is 0 Å². The van der Waals surface area contributed by atoms with Crippen molar-refractivity contribution in [2.75, 3.05) is 19.8 Å². The molecule has 5 atom stereocenters. The van der Waals surface area contributed by atoms with Crippen LogP contribution in [0, 0.1) is 12.7 Å². The number of fused-ring (bicyclic) bond motifs is 2. The minimum absolute atomic E-state index is 0.225. The van der Waals surface area contributed by atoms with E-state index < -0.39 is 24.1 Å². The smallest absolute Gasteiger partial charge is 0.198 e. The second-order valence-corrected chi connectivity index (χ2v) is 10.7. The van der Waals surface area contributed by atoms with Crippen LogP contribution >= 0.6 is 0 Å². The molecule has 1 N–H and O–H groups in total. The minimum Gasteiger partial charge on any atom is -0.470 e. The van der Waals surface area contributed by atoms with Crippen molar-refractivity contribution >= 4 is 11.0 Å². The number of aliphatic hydroxyl groups is 1. The first-order valence-electron chi connectivity index (χ1n) is 13.6. The average molecular weight is 531 g/mol. The van der Waals surface area contributed by atoms with Crippen molar-refractivity contribution in [2.24, 2.45) is 0 Å². The van der Waals surface area contributed by atoms with Crippen LogP contribution in [0.2, 0.25) is 0 Å². The number of hydrogen-bond acceptors (Lipinski definition) is 6. The third-order valence-electron chi connectivity index (χ3n) is 7.98. The lowest BCUT2D eigenvalue weighted by molar-refractivity contribution is -0.0392. The summed E-state index contributed by atoms with van der Waals surface area (Å²) in [6, 6.07) is 19.5. The number of nitrogens with zero attached hydrogens (tertiary/aromatic N) is 2. The van der Waals surface area contributed by atoms with Crippen LogP contribution in [-0.4, -0.2) is 58.9 Å². The van der Waals surface area contributed by atoms with Gasteiger partial charge in [-0.1, -0.05) is 54.1 Å². The van der Waals surface area contributed by atoms with Crippen LogP contribution in [-0.2, 0) is 14.2 Å². The van der Waals surface area contributed by atoms with E-state index in [4.69, 9.17) is 23.9 Å². The molecule has 202 valence electrons. The zero-order valence-corrected chi connectivity index (χ0v) is 21.8. The number of benzene rings is 2. The van der Waals surface area contributed by atoms with E-state index >= 15 is 4.39 Å². The third-order valence-corrected chi connectivity index (χ3v) is 7.98. The van der Waals surface area contributed by atoms with Crippen LogP contribution in [0.4, 0.5) is 4.39 Å². The summed E-state index contributed by atoms with van der Waals surface area (Å²) in [4.78, 5) is 4.75. The molecule has 2 aromatic carbocycles. The Morgan fingerprint density at radius 1 is 0.897 bits per heavy atom. The Morgan fingerprint density at radius 2 is 1.62 bits per heavy atom. The van der Waals surface area contributed by atoms with Crippen molar-refractivity contribution in [2.45, 2.75) is 56.8 Å². The molecule has 0 radical (unpaired) electrons. The molecule has 3 saturated heterocycles. The molecule has 8 heteroatoms. The monoisotopic (exact) mass is 530 g/mol. The van der Waals surface area contributed by atoms with E-state index in [1.165, 1.54) is 11.6 Å². The molecule has 7 rings (SSSR count). The van der Waals surface area contributed by atoms with Crippen molar-refractivity contribution < 1.29 is 28.4 Å². The molecule has 7 nitrogen and oxygen atoms in total. The van der Waals surface area contributed by atoms with Gasteiger partial charge in [0.1, 0.15) is 30.2 Å². The number of aromatic nitrogens is 2. The van der Waals surface area contributed by atoms with E-state index in [9.17, 15) is 5.11 Å². The van der Waals surface area contributed by atoms with Crippen molar-refractivity contribution in [3.05, 3.63) is 72.0 Å². The number of ether oxygens (including phenoxy) is 4. The Kier molecular flexibility index (Phi) is 6.35. The van der Waals surface area contributed by atoms with Crippen LogP contribution in [0.1, 0.15) is 31.1 Å². The van der Waals surface area contributed by atoms with Gasteiger partial charge < -0.3 is 24.1 Å². The van der Waals surface area contributed by atoms with Gasteiger partial charge in [0.15, 0.2) is 17.8 Å². The summed E-state index contributed by atoms with van der Waals surface area (Å²) in [5, 5.41) is 10.1. The fraction of sp³-hybridized carbons (Fsp3) is 0.387. The lowest BCUT2D eigenvalue weighted by atomic mass is 10.0. The zero-order chi connectivity index (χ0) is 26.5. The van der Waals surface area contributed by atoms with E-state index in [1.54, 1.807) is 0 Å². The van der Waals surface area contributed by atoms with E-state index in [2.05, 4.69) is 31.2 Å². The summed E-state index contributed by atoms with van der Waals surface area (Å²) in [5.41, 5.74) is 5.62. The summed E-state index contributed by atoms with van der Waals surface area (Å²) < 4.78 is 41.6. The first-order chi connectivity index (χ1) is 19.0. The van der Waals surface area contributed by atoms with E-state index in [0.29, 0.717) is 35.7 Å². The van der Waals surface area contributed by atoms with Crippen LogP contribution in [0.15, 0.2) is 60.7 Å². The maximum Gasteiger partial charge on any atom is 0.198 e. The molecule has 1 unspecified atom stereocenters. The molecule has 3 aliphatic rings. The molecule has 39 heavy (non-hydrogen) atoms. The molecular weight excluding hydrogens is 499 g/mol. The molecule has 0 spiro atoms. The topological polar surface area (TPSA) is 75.0 Å². The number of aryl methyl sites for hydroxylation is 1. The van der Waals surface area contributed by atoms with E-state index in [-0.39, 0.29) is 24.6 Å². The highest BCUT2D eigenvalue weighted by molar-refractivity contribution is 5.82. The Labute approximate surface area is 226 Å². The van der Waals surface area contributed by atoms with Gasteiger partial charge in [-0.15, -0.1) is 0 Å². The standard InChI is InChI=1S/C31H31FN2O5/c1-18-5-7-19(8-6-18)20-9-11-21(12-10-20)29-22(32)14-24-23(33-29)15-28(34(24)27-4-2-3-13-36-27)39-26-17-38-30-25(35)16-37-31(26)30/h5-12,14-15,25-27,30-31,35H,2-4,13,16-17H2,1H3/t25-,26-,27?,30-,31-/m1/s1. The highest BCUT2D eigenvalue weighted by atomic mass is 19.1. The summed E-state index contributed by atoms with van der Waals surface area (Å²) in [6.07, 6.45) is 0.719. The highest BCUT2D eigenvalue weighted by Crippen LogP contribution is 2.38. The average Bonchev–Trinajstić information content (AvgIpc) is 3.64.